The van der Waals surface area contributed by atoms with Crippen LogP contribution in [0.25, 0.3) is 0 Å². The molecule has 0 radical (unpaired) electrons. The summed E-state index contributed by atoms with van der Waals surface area (Å²) >= 11 is 0. The molecule has 2 bridgehead atoms. The predicted molar refractivity (Wildman–Crippen MR) is 117 cm³/mol. The summed E-state index contributed by atoms with van der Waals surface area (Å²) in [7, 11) is 0. The molecule has 3 aliphatic rings. The van der Waals surface area contributed by atoms with Crippen LogP contribution in [-0.2, 0) is 9.53 Å². The van der Waals surface area contributed by atoms with Gasteiger partial charge in [0.25, 0.3) is 5.91 Å². The molecule has 6 heteroatoms. The van der Waals surface area contributed by atoms with Crippen LogP contribution in [0.5, 0.6) is 0 Å². The van der Waals surface area contributed by atoms with Gasteiger partial charge in [-0.15, -0.1) is 0 Å². The lowest BCUT2D eigenvalue weighted by Crippen LogP contribution is -2.37. The Morgan fingerprint density at radius 3 is 2.53 bits per heavy atom. The molecule has 30 heavy (non-hydrogen) atoms. The van der Waals surface area contributed by atoms with Gasteiger partial charge in [-0.25, -0.2) is 0 Å². The number of ether oxygens (including phenoxy) is 1. The third-order valence-corrected chi connectivity index (χ3v) is 6.83. The van der Waals surface area contributed by atoms with E-state index in [0.29, 0.717) is 17.3 Å². The highest BCUT2D eigenvalue weighted by atomic mass is 16.5. The lowest BCUT2D eigenvalue weighted by Gasteiger charge is -2.39. The molecular formula is C24H35N3O3. The van der Waals surface area contributed by atoms with Gasteiger partial charge in [-0.3, -0.25) is 9.59 Å². The molecule has 1 aromatic rings. The molecule has 0 aromatic heterocycles. The third-order valence-electron chi connectivity index (χ3n) is 6.83. The summed E-state index contributed by atoms with van der Waals surface area (Å²) in [4.78, 5) is 27.4. The highest BCUT2D eigenvalue weighted by molar-refractivity contribution is 5.96. The van der Waals surface area contributed by atoms with Crippen molar-refractivity contribution in [1.29, 1.82) is 0 Å². The van der Waals surface area contributed by atoms with Gasteiger partial charge in [0.05, 0.1) is 6.10 Å². The summed E-state index contributed by atoms with van der Waals surface area (Å²) in [5.74, 6) is -0.0513. The van der Waals surface area contributed by atoms with Gasteiger partial charge in [0.15, 0.2) is 0 Å². The first kappa shape index (κ1) is 21.3. The molecule has 0 spiro atoms. The first-order valence-electron chi connectivity index (χ1n) is 11.3. The molecule has 164 valence electrons. The second-order valence-electron chi connectivity index (χ2n) is 10.5. The first-order valence-corrected chi connectivity index (χ1v) is 11.3. The number of likely N-dealkylation sites (tertiary alicyclic amines) is 1. The SMILES string of the molecule is CC1(C)CC2CC(C)(CN2C(=O)c2ccc(NC(=O)COC3CCNCC3)cc2)C1. The smallest absolute Gasteiger partial charge is 0.254 e. The van der Waals surface area contributed by atoms with Crippen LogP contribution < -0.4 is 10.6 Å². The van der Waals surface area contributed by atoms with Crippen LogP contribution in [0, 0.1) is 10.8 Å². The number of carbonyl (C=O) groups is 2. The standard InChI is InChI=1S/C24H35N3O3/c1-23(2)12-19-13-24(3,15-23)16-27(19)22(29)17-4-6-18(7-5-17)26-21(28)14-30-20-8-10-25-11-9-20/h4-7,19-20,25H,8-16H2,1-3H3,(H,26,28). The van der Waals surface area contributed by atoms with E-state index in [1.165, 1.54) is 6.42 Å². The van der Waals surface area contributed by atoms with E-state index in [1.807, 2.05) is 24.3 Å². The number of fused-ring (bicyclic) bond motifs is 2. The highest BCUT2D eigenvalue weighted by Gasteiger charge is 2.50. The number of anilines is 1. The summed E-state index contributed by atoms with van der Waals surface area (Å²) in [5.41, 5.74) is 1.90. The molecule has 3 fully saturated rings. The Bertz CT molecular complexity index is 785. The van der Waals surface area contributed by atoms with Crippen molar-refractivity contribution in [2.45, 2.75) is 65.0 Å². The quantitative estimate of drug-likeness (QED) is 0.776. The third kappa shape index (κ3) is 4.86. The summed E-state index contributed by atoms with van der Waals surface area (Å²) in [6.07, 6.45) is 5.39. The molecule has 1 saturated carbocycles. The van der Waals surface area contributed by atoms with Crippen LogP contribution in [0.4, 0.5) is 5.69 Å². The van der Waals surface area contributed by atoms with Gasteiger partial charge in [-0.05, 0) is 80.3 Å². The zero-order valence-electron chi connectivity index (χ0n) is 18.5. The highest BCUT2D eigenvalue weighted by Crippen LogP contribution is 2.52. The van der Waals surface area contributed by atoms with E-state index in [9.17, 15) is 9.59 Å². The van der Waals surface area contributed by atoms with Crippen molar-refractivity contribution >= 4 is 17.5 Å². The Balaban J connectivity index is 1.32. The van der Waals surface area contributed by atoms with Crippen molar-refractivity contribution in [1.82, 2.24) is 10.2 Å². The van der Waals surface area contributed by atoms with E-state index < -0.39 is 0 Å². The molecule has 2 atom stereocenters. The zero-order valence-corrected chi connectivity index (χ0v) is 18.5. The Morgan fingerprint density at radius 2 is 1.83 bits per heavy atom. The van der Waals surface area contributed by atoms with Crippen molar-refractivity contribution in [2.24, 2.45) is 10.8 Å². The minimum Gasteiger partial charge on any atom is -0.368 e. The molecule has 2 amide bonds. The second-order valence-corrected chi connectivity index (χ2v) is 10.5. The Labute approximate surface area is 179 Å². The van der Waals surface area contributed by atoms with Crippen molar-refractivity contribution in [3.63, 3.8) is 0 Å². The second kappa shape index (κ2) is 8.31. The molecular weight excluding hydrogens is 378 g/mol. The summed E-state index contributed by atoms with van der Waals surface area (Å²) in [6.45, 7) is 9.74. The molecule has 2 N–H and O–H groups in total. The monoisotopic (exact) mass is 413 g/mol. The summed E-state index contributed by atoms with van der Waals surface area (Å²) in [6, 6.07) is 7.59. The predicted octanol–water partition coefficient (Wildman–Crippen LogP) is 3.43. The number of hydrogen-bond acceptors (Lipinski definition) is 4. The van der Waals surface area contributed by atoms with E-state index in [1.54, 1.807) is 0 Å². The van der Waals surface area contributed by atoms with Gasteiger partial charge < -0.3 is 20.3 Å². The van der Waals surface area contributed by atoms with Crippen molar-refractivity contribution in [3.8, 4) is 0 Å². The lowest BCUT2D eigenvalue weighted by atomic mass is 9.65. The minimum atomic E-state index is -0.156. The fourth-order valence-electron chi connectivity index (χ4n) is 5.91. The minimum absolute atomic E-state index is 0.0647. The number of amides is 2. The summed E-state index contributed by atoms with van der Waals surface area (Å²) in [5, 5.41) is 6.15. The fourth-order valence-corrected chi connectivity index (χ4v) is 5.91. The average molecular weight is 414 g/mol. The van der Waals surface area contributed by atoms with E-state index in [0.717, 1.165) is 45.3 Å². The van der Waals surface area contributed by atoms with Gasteiger partial charge in [-0.1, -0.05) is 20.8 Å². The largest absolute Gasteiger partial charge is 0.368 e. The van der Waals surface area contributed by atoms with Crippen LogP contribution in [-0.4, -0.2) is 55.1 Å². The van der Waals surface area contributed by atoms with Gasteiger partial charge in [0, 0.05) is 23.8 Å². The number of carbonyl (C=O) groups excluding carboxylic acids is 2. The van der Waals surface area contributed by atoms with Gasteiger partial charge in [0.2, 0.25) is 5.91 Å². The first-order chi connectivity index (χ1) is 14.2. The van der Waals surface area contributed by atoms with Crippen LogP contribution in [0.2, 0.25) is 0 Å². The Morgan fingerprint density at radius 1 is 1.13 bits per heavy atom. The number of piperidine rings is 1. The van der Waals surface area contributed by atoms with Crippen LogP contribution in [0.15, 0.2) is 24.3 Å². The number of nitrogens with one attached hydrogen (secondary N) is 2. The maximum atomic E-state index is 13.2. The topological polar surface area (TPSA) is 70.7 Å². The number of nitrogens with zero attached hydrogens (tertiary/aromatic N) is 1. The Kier molecular flexibility index (Phi) is 5.90. The number of benzene rings is 1. The zero-order chi connectivity index (χ0) is 21.4. The van der Waals surface area contributed by atoms with Crippen molar-refractivity contribution in [3.05, 3.63) is 29.8 Å². The van der Waals surface area contributed by atoms with E-state index in [4.69, 9.17) is 4.74 Å². The van der Waals surface area contributed by atoms with E-state index in [2.05, 4.69) is 36.3 Å². The maximum absolute atomic E-state index is 13.2. The van der Waals surface area contributed by atoms with Crippen molar-refractivity contribution < 1.29 is 14.3 Å². The maximum Gasteiger partial charge on any atom is 0.254 e. The molecule has 2 heterocycles. The van der Waals surface area contributed by atoms with Crippen LogP contribution in [0.3, 0.4) is 0 Å². The molecule has 4 rings (SSSR count). The average Bonchev–Trinajstić information content (AvgIpc) is 2.96. The normalized spacial score (nSPS) is 28.4. The Hall–Kier alpha value is -1.92. The lowest BCUT2D eigenvalue weighted by molar-refractivity contribution is -0.123. The molecule has 1 aliphatic carbocycles. The molecule has 2 unspecified atom stereocenters. The van der Waals surface area contributed by atoms with Crippen LogP contribution >= 0.6 is 0 Å². The van der Waals surface area contributed by atoms with Crippen LogP contribution in [0.1, 0.15) is 63.2 Å². The summed E-state index contributed by atoms with van der Waals surface area (Å²) < 4.78 is 5.70. The molecule has 2 saturated heterocycles. The molecule has 6 nitrogen and oxygen atoms in total. The molecule has 2 aliphatic heterocycles. The van der Waals surface area contributed by atoms with E-state index >= 15 is 0 Å². The number of rotatable bonds is 5. The molecule has 1 aromatic carbocycles. The van der Waals surface area contributed by atoms with Crippen molar-refractivity contribution in [2.75, 3.05) is 31.6 Å². The fraction of sp³-hybridized carbons (Fsp3) is 0.667. The number of hydrogen-bond donors (Lipinski definition) is 2. The van der Waals surface area contributed by atoms with E-state index in [-0.39, 0.29) is 35.4 Å². The van der Waals surface area contributed by atoms with Gasteiger partial charge in [-0.2, -0.15) is 0 Å². The van der Waals surface area contributed by atoms with Gasteiger partial charge >= 0.3 is 0 Å². The van der Waals surface area contributed by atoms with Gasteiger partial charge in [0.1, 0.15) is 6.61 Å².